The Kier molecular flexibility index (Phi) is 4.07. The summed E-state index contributed by atoms with van der Waals surface area (Å²) in [7, 11) is 3.00. The van der Waals surface area contributed by atoms with Gasteiger partial charge in [0.25, 0.3) is 0 Å². The molecule has 0 atom stereocenters. The Morgan fingerprint density at radius 3 is 2.52 bits per heavy atom. The van der Waals surface area contributed by atoms with Crippen LogP contribution in [-0.2, 0) is 4.79 Å². The van der Waals surface area contributed by atoms with Gasteiger partial charge in [-0.2, -0.15) is 0 Å². The van der Waals surface area contributed by atoms with Crippen LogP contribution in [0.15, 0.2) is 28.8 Å². The fraction of sp³-hybridized carbons (Fsp3) is 0.267. The second-order valence-corrected chi connectivity index (χ2v) is 4.67. The van der Waals surface area contributed by atoms with Gasteiger partial charge in [-0.15, -0.1) is 0 Å². The van der Waals surface area contributed by atoms with Gasteiger partial charge in [0.15, 0.2) is 0 Å². The molecule has 110 valence electrons. The predicted molar refractivity (Wildman–Crippen MR) is 82.2 cm³/mol. The van der Waals surface area contributed by atoms with Crippen LogP contribution >= 0.6 is 0 Å². The van der Waals surface area contributed by atoms with Gasteiger partial charge < -0.3 is 20.6 Å². The predicted octanol–water partition coefficient (Wildman–Crippen LogP) is 2.30. The van der Waals surface area contributed by atoms with Crippen LogP contribution in [-0.4, -0.2) is 31.4 Å². The standard InChI is InChI=1S/C15H17N3O3/c1-8-4-13(19)11(5-9(8)16)18-12-7-14(20-2)10(17)6-15(12)21-3/h4,6-7,16H,5,17H2,1-3H3. The number of ketones is 1. The van der Waals surface area contributed by atoms with Crippen LogP contribution in [0, 0.1) is 5.41 Å². The average Bonchev–Trinajstić information content (AvgIpc) is 2.45. The number of nitrogens with two attached hydrogens (primary N) is 1. The van der Waals surface area contributed by atoms with Gasteiger partial charge in [0, 0.05) is 24.3 Å². The second-order valence-electron chi connectivity index (χ2n) is 4.67. The molecule has 6 nitrogen and oxygen atoms in total. The largest absolute Gasteiger partial charge is 0.495 e. The maximum atomic E-state index is 12.0. The highest BCUT2D eigenvalue weighted by Crippen LogP contribution is 2.37. The molecule has 0 unspecified atom stereocenters. The first-order chi connectivity index (χ1) is 9.96. The molecule has 3 N–H and O–H groups in total. The molecule has 0 spiro atoms. The number of hydrogen-bond acceptors (Lipinski definition) is 6. The van der Waals surface area contributed by atoms with Crippen molar-refractivity contribution in [3.05, 3.63) is 23.8 Å². The van der Waals surface area contributed by atoms with Crippen LogP contribution in [0.3, 0.4) is 0 Å². The number of nitrogen functional groups attached to an aromatic ring is 1. The van der Waals surface area contributed by atoms with Crippen LogP contribution in [0.5, 0.6) is 11.5 Å². The number of carbonyl (C=O) groups excluding carboxylic acids is 1. The first-order valence-electron chi connectivity index (χ1n) is 6.35. The Balaban J connectivity index is 2.50. The third-order valence-corrected chi connectivity index (χ3v) is 3.24. The van der Waals surface area contributed by atoms with E-state index in [9.17, 15) is 4.79 Å². The van der Waals surface area contributed by atoms with Crippen molar-refractivity contribution in [3.63, 3.8) is 0 Å². The van der Waals surface area contributed by atoms with Crippen LogP contribution in [0.2, 0.25) is 0 Å². The summed E-state index contributed by atoms with van der Waals surface area (Å²) >= 11 is 0. The van der Waals surface area contributed by atoms with Crippen molar-refractivity contribution in [2.45, 2.75) is 13.3 Å². The number of rotatable bonds is 3. The first kappa shape index (κ1) is 14.8. The maximum absolute atomic E-state index is 12.0. The van der Waals surface area contributed by atoms with Gasteiger partial charge in [-0.05, 0) is 18.6 Å². The van der Waals surface area contributed by atoms with E-state index < -0.39 is 0 Å². The van der Waals surface area contributed by atoms with Crippen molar-refractivity contribution in [1.82, 2.24) is 0 Å². The summed E-state index contributed by atoms with van der Waals surface area (Å²) in [5, 5.41) is 7.81. The van der Waals surface area contributed by atoms with E-state index in [-0.39, 0.29) is 12.2 Å². The third kappa shape index (κ3) is 2.94. The van der Waals surface area contributed by atoms with Gasteiger partial charge >= 0.3 is 0 Å². The Hall–Kier alpha value is -2.63. The average molecular weight is 287 g/mol. The fourth-order valence-corrected chi connectivity index (χ4v) is 1.99. The number of benzene rings is 1. The number of nitrogens with one attached hydrogen (secondary N) is 1. The second kappa shape index (κ2) is 5.78. The molecule has 0 heterocycles. The maximum Gasteiger partial charge on any atom is 0.200 e. The fourth-order valence-electron chi connectivity index (χ4n) is 1.99. The van der Waals surface area contributed by atoms with Crippen LogP contribution < -0.4 is 15.2 Å². The quantitative estimate of drug-likeness (QED) is 0.833. The zero-order valence-corrected chi connectivity index (χ0v) is 12.2. The molecule has 0 radical (unpaired) electrons. The van der Waals surface area contributed by atoms with Crippen LogP contribution in [0.1, 0.15) is 13.3 Å². The number of carbonyl (C=O) groups is 1. The molecule has 0 fully saturated rings. The molecule has 0 saturated heterocycles. The Bertz CT molecular complexity index is 675. The minimum atomic E-state index is -0.193. The summed E-state index contributed by atoms with van der Waals surface area (Å²) in [6, 6.07) is 3.21. The summed E-state index contributed by atoms with van der Waals surface area (Å²) in [6.45, 7) is 1.74. The van der Waals surface area contributed by atoms with Gasteiger partial charge in [-0.3, -0.25) is 4.79 Å². The number of aliphatic imine (C=N–C) groups is 1. The molecule has 0 saturated carbocycles. The molecule has 1 aliphatic rings. The minimum Gasteiger partial charge on any atom is -0.495 e. The van der Waals surface area contributed by atoms with Gasteiger partial charge in [-0.1, -0.05) is 0 Å². The topological polar surface area (TPSA) is 97.8 Å². The van der Waals surface area contributed by atoms with Crippen LogP contribution in [0.4, 0.5) is 11.4 Å². The molecule has 1 aromatic carbocycles. The van der Waals surface area contributed by atoms with E-state index in [1.165, 1.54) is 20.3 Å². The minimum absolute atomic E-state index is 0.193. The Labute approximate surface area is 122 Å². The summed E-state index contributed by atoms with van der Waals surface area (Å²) in [4.78, 5) is 16.3. The Morgan fingerprint density at radius 2 is 1.90 bits per heavy atom. The lowest BCUT2D eigenvalue weighted by molar-refractivity contribution is -0.109. The van der Waals surface area contributed by atoms with Gasteiger partial charge in [-0.25, -0.2) is 4.99 Å². The molecular formula is C15H17N3O3. The summed E-state index contributed by atoms with van der Waals surface area (Å²) < 4.78 is 10.4. The van der Waals surface area contributed by atoms with E-state index in [0.29, 0.717) is 39.9 Å². The zero-order valence-electron chi connectivity index (χ0n) is 12.2. The molecule has 0 aliphatic heterocycles. The van der Waals surface area contributed by atoms with Crippen molar-refractivity contribution >= 4 is 28.6 Å². The van der Waals surface area contributed by atoms with Gasteiger partial charge in [0.05, 0.1) is 25.6 Å². The molecule has 0 amide bonds. The highest BCUT2D eigenvalue weighted by atomic mass is 16.5. The van der Waals surface area contributed by atoms with Crippen molar-refractivity contribution in [2.24, 2.45) is 4.99 Å². The monoisotopic (exact) mass is 287 g/mol. The smallest absolute Gasteiger partial charge is 0.200 e. The molecule has 6 heteroatoms. The number of allylic oxidation sites excluding steroid dienone is 2. The Morgan fingerprint density at radius 1 is 1.24 bits per heavy atom. The van der Waals surface area contributed by atoms with Crippen molar-refractivity contribution in [2.75, 3.05) is 20.0 Å². The third-order valence-electron chi connectivity index (χ3n) is 3.24. The molecular weight excluding hydrogens is 270 g/mol. The van der Waals surface area contributed by atoms with E-state index in [1.54, 1.807) is 19.1 Å². The van der Waals surface area contributed by atoms with Crippen molar-refractivity contribution < 1.29 is 14.3 Å². The van der Waals surface area contributed by atoms with Crippen molar-refractivity contribution in [1.29, 1.82) is 5.41 Å². The molecule has 21 heavy (non-hydrogen) atoms. The van der Waals surface area contributed by atoms with Crippen molar-refractivity contribution in [3.8, 4) is 11.5 Å². The lowest BCUT2D eigenvalue weighted by atomic mass is 9.96. The normalized spacial score (nSPS) is 16.9. The van der Waals surface area contributed by atoms with E-state index in [1.807, 2.05) is 0 Å². The zero-order chi connectivity index (χ0) is 15.6. The number of anilines is 1. The van der Waals surface area contributed by atoms with Crippen LogP contribution in [0.25, 0.3) is 0 Å². The summed E-state index contributed by atoms with van der Waals surface area (Å²) in [5.41, 5.74) is 8.05. The lowest BCUT2D eigenvalue weighted by Gasteiger charge is -2.14. The highest BCUT2D eigenvalue weighted by molar-refractivity contribution is 6.50. The van der Waals surface area contributed by atoms with E-state index in [2.05, 4.69) is 4.99 Å². The molecule has 2 rings (SSSR count). The molecule has 0 aromatic heterocycles. The van der Waals surface area contributed by atoms with E-state index in [4.69, 9.17) is 20.6 Å². The SMILES string of the molecule is COc1cc(N=C2CC(=N)C(C)=CC2=O)c(OC)cc1N. The first-order valence-corrected chi connectivity index (χ1v) is 6.35. The molecule has 1 aliphatic carbocycles. The molecule has 0 bridgehead atoms. The number of hydrogen-bond donors (Lipinski definition) is 2. The van der Waals surface area contributed by atoms with Gasteiger partial charge in [0.1, 0.15) is 17.2 Å². The van der Waals surface area contributed by atoms with Gasteiger partial charge in [0.2, 0.25) is 5.78 Å². The number of ether oxygens (including phenoxy) is 2. The number of nitrogens with zero attached hydrogens (tertiary/aromatic N) is 1. The summed E-state index contributed by atoms with van der Waals surface area (Å²) in [6.07, 6.45) is 1.63. The summed E-state index contributed by atoms with van der Waals surface area (Å²) in [5.74, 6) is 0.716. The lowest BCUT2D eigenvalue weighted by Crippen LogP contribution is -2.22. The van der Waals surface area contributed by atoms with E-state index in [0.717, 1.165) is 0 Å². The highest BCUT2D eigenvalue weighted by Gasteiger charge is 2.20. The number of methoxy groups -OCH3 is 2. The van der Waals surface area contributed by atoms with E-state index >= 15 is 0 Å². The molecule has 1 aromatic rings.